The van der Waals surface area contributed by atoms with E-state index in [0.29, 0.717) is 29.7 Å². The number of aromatic nitrogens is 7. The summed E-state index contributed by atoms with van der Waals surface area (Å²) in [5, 5.41) is 21.4. The molecule has 0 amide bonds. The number of hydrogen-bond donors (Lipinski definition) is 0. The topological polar surface area (TPSA) is 96.7 Å². The zero-order valence-corrected chi connectivity index (χ0v) is 17.0. The van der Waals surface area contributed by atoms with Gasteiger partial charge in [-0.1, -0.05) is 11.8 Å². The number of hydrogen-bond acceptors (Lipinski definition) is 8. The van der Waals surface area contributed by atoms with Crippen LogP contribution < -0.4 is 4.74 Å². The van der Waals surface area contributed by atoms with Crippen LogP contribution in [0.15, 0.2) is 52.2 Å². The van der Waals surface area contributed by atoms with Crippen LogP contribution in [0.5, 0.6) is 5.75 Å². The highest BCUT2D eigenvalue weighted by atomic mass is 32.2. The van der Waals surface area contributed by atoms with E-state index in [4.69, 9.17) is 4.42 Å². The standard InChI is InChI=1S/C19H17F2N7O2S/c20-18(21)30-14-7-5-13(6-8-14)28-16(22-25-26-28)11-31-19-24-23-17(12-3-4-12)27(19)10-15-2-1-9-29-15/h1-2,5-9,12,18H,3-4,10-11H2. The van der Waals surface area contributed by atoms with E-state index in [0.717, 1.165) is 29.6 Å². The monoisotopic (exact) mass is 445 g/mol. The molecule has 1 saturated carbocycles. The Morgan fingerprint density at radius 2 is 1.97 bits per heavy atom. The molecule has 5 rings (SSSR count). The van der Waals surface area contributed by atoms with Crippen molar-refractivity contribution in [3.8, 4) is 11.4 Å². The Morgan fingerprint density at radius 3 is 2.68 bits per heavy atom. The molecule has 31 heavy (non-hydrogen) atoms. The first-order valence-electron chi connectivity index (χ1n) is 9.58. The lowest BCUT2D eigenvalue weighted by atomic mass is 10.3. The molecule has 3 aromatic heterocycles. The van der Waals surface area contributed by atoms with Crippen molar-refractivity contribution in [2.45, 2.75) is 42.8 Å². The van der Waals surface area contributed by atoms with Gasteiger partial charge >= 0.3 is 6.61 Å². The van der Waals surface area contributed by atoms with Crippen LogP contribution in [0.2, 0.25) is 0 Å². The van der Waals surface area contributed by atoms with Gasteiger partial charge in [-0.2, -0.15) is 13.5 Å². The highest BCUT2D eigenvalue weighted by molar-refractivity contribution is 7.98. The molecule has 160 valence electrons. The number of thioether (sulfide) groups is 1. The second-order valence-electron chi connectivity index (χ2n) is 6.95. The summed E-state index contributed by atoms with van der Waals surface area (Å²) in [7, 11) is 0. The molecule has 9 nitrogen and oxygen atoms in total. The number of alkyl halides is 2. The fraction of sp³-hybridized carbons (Fsp3) is 0.316. The van der Waals surface area contributed by atoms with Gasteiger partial charge in [0.2, 0.25) is 0 Å². The molecule has 0 bridgehead atoms. The molecule has 1 aliphatic carbocycles. The van der Waals surface area contributed by atoms with Gasteiger partial charge in [-0.3, -0.25) is 4.57 Å². The first-order chi connectivity index (χ1) is 15.2. The van der Waals surface area contributed by atoms with Crippen molar-refractivity contribution >= 4 is 11.8 Å². The van der Waals surface area contributed by atoms with E-state index in [1.54, 1.807) is 23.1 Å². The van der Waals surface area contributed by atoms with Gasteiger partial charge in [0, 0.05) is 5.92 Å². The van der Waals surface area contributed by atoms with Gasteiger partial charge in [-0.15, -0.1) is 15.3 Å². The Morgan fingerprint density at radius 1 is 1.13 bits per heavy atom. The van der Waals surface area contributed by atoms with Crippen molar-refractivity contribution in [3.05, 3.63) is 60.1 Å². The summed E-state index contributed by atoms with van der Waals surface area (Å²) in [6.07, 6.45) is 3.88. The largest absolute Gasteiger partial charge is 0.467 e. The van der Waals surface area contributed by atoms with Crippen molar-refractivity contribution in [1.82, 2.24) is 35.0 Å². The molecule has 0 unspecified atom stereocenters. The predicted molar refractivity (Wildman–Crippen MR) is 105 cm³/mol. The van der Waals surface area contributed by atoms with Gasteiger partial charge in [0.25, 0.3) is 0 Å². The molecule has 4 aromatic rings. The van der Waals surface area contributed by atoms with Gasteiger partial charge in [-0.05, 0) is 59.7 Å². The van der Waals surface area contributed by atoms with E-state index in [1.165, 1.54) is 23.9 Å². The van der Waals surface area contributed by atoms with E-state index in [2.05, 4.69) is 35.0 Å². The number of rotatable bonds is 9. The first kappa shape index (κ1) is 19.7. The number of ether oxygens (including phenoxy) is 1. The minimum Gasteiger partial charge on any atom is -0.467 e. The van der Waals surface area contributed by atoms with E-state index in [9.17, 15) is 8.78 Å². The highest BCUT2D eigenvalue weighted by Gasteiger charge is 2.30. The smallest absolute Gasteiger partial charge is 0.387 e. The third-order valence-electron chi connectivity index (χ3n) is 4.75. The van der Waals surface area contributed by atoms with Gasteiger partial charge < -0.3 is 9.15 Å². The fourth-order valence-electron chi connectivity index (χ4n) is 3.15. The third kappa shape index (κ3) is 4.43. The average molecular weight is 445 g/mol. The van der Waals surface area contributed by atoms with Crippen LogP contribution in [0.3, 0.4) is 0 Å². The van der Waals surface area contributed by atoms with Crippen LogP contribution in [0, 0.1) is 0 Å². The quantitative estimate of drug-likeness (QED) is 0.360. The maximum absolute atomic E-state index is 12.3. The molecular weight excluding hydrogens is 428 g/mol. The molecule has 3 heterocycles. The van der Waals surface area contributed by atoms with Crippen LogP contribution in [0.1, 0.15) is 36.2 Å². The summed E-state index contributed by atoms with van der Waals surface area (Å²) in [6, 6.07) is 9.91. The first-order valence-corrected chi connectivity index (χ1v) is 10.6. The SMILES string of the molecule is FC(F)Oc1ccc(-n2nnnc2CSc2nnc(C3CC3)n2Cc2ccco2)cc1. The maximum atomic E-state index is 12.3. The summed E-state index contributed by atoms with van der Waals surface area (Å²) in [5.74, 6) is 3.35. The summed E-state index contributed by atoms with van der Waals surface area (Å²) in [4.78, 5) is 0. The Kier molecular flexibility index (Phi) is 5.37. The lowest BCUT2D eigenvalue weighted by Gasteiger charge is -2.09. The normalized spacial score (nSPS) is 13.8. The maximum Gasteiger partial charge on any atom is 0.387 e. The molecule has 1 aliphatic rings. The number of furan rings is 1. The van der Waals surface area contributed by atoms with Crippen molar-refractivity contribution in [1.29, 1.82) is 0 Å². The molecule has 0 spiro atoms. The molecule has 0 aliphatic heterocycles. The number of nitrogens with zero attached hydrogens (tertiary/aromatic N) is 7. The summed E-state index contributed by atoms with van der Waals surface area (Å²) >= 11 is 1.47. The predicted octanol–water partition coefficient (Wildman–Crippen LogP) is 3.67. The molecule has 1 fully saturated rings. The minimum atomic E-state index is -2.87. The van der Waals surface area contributed by atoms with Crippen LogP contribution in [0.4, 0.5) is 8.78 Å². The highest BCUT2D eigenvalue weighted by Crippen LogP contribution is 2.40. The number of tetrazole rings is 1. The average Bonchev–Trinajstić information content (AvgIpc) is 3.15. The Balaban J connectivity index is 1.33. The summed E-state index contributed by atoms with van der Waals surface area (Å²) in [5.41, 5.74) is 0.637. The van der Waals surface area contributed by atoms with E-state index < -0.39 is 6.61 Å². The Bertz CT molecular complexity index is 1140. The van der Waals surface area contributed by atoms with E-state index in [-0.39, 0.29) is 5.75 Å². The van der Waals surface area contributed by atoms with E-state index >= 15 is 0 Å². The van der Waals surface area contributed by atoms with Gasteiger partial charge in [-0.25, -0.2) is 0 Å². The minimum absolute atomic E-state index is 0.0707. The molecule has 0 saturated heterocycles. The van der Waals surface area contributed by atoms with E-state index in [1.807, 2.05) is 12.1 Å². The van der Waals surface area contributed by atoms with Crippen molar-refractivity contribution < 1.29 is 17.9 Å². The Labute approximate surface area is 179 Å². The van der Waals surface area contributed by atoms with Crippen LogP contribution >= 0.6 is 11.8 Å². The number of halogens is 2. The second-order valence-corrected chi connectivity index (χ2v) is 7.89. The molecule has 12 heteroatoms. The van der Waals surface area contributed by atoms with Gasteiger partial charge in [0.05, 0.1) is 24.2 Å². The molecule has 1 aromatic carbocycles. The zero-order valence-electron chi connectivity index (χ0n) is 16.1. The third-order valence-corrected chi connectivity index (χ3v) is 5.72. The second kappa shape index (κ2) is 8.46. The van der Waals surface area contributed by atoms with Crippen molar-refractivity contribution in [3.63, 3.8) is 0 Å². The van der Waals surface area contributed by atoms with Crippen molar-refractivity contribution in [2.75, 3.05) is 0 Å². The molecule has 0 N–H and O–H groups in total. The molecular formula is C19H17F2N7O2S. The lowest BCUT2D eigenvalue weighted by Crippen LogP contribution is -2.06. The number of benzene rings is 1. The molecule has 0 radical (unpaired) electrons. The van der Waals surface area contributed by atoms with Gasteiger partial charge in [0.15, 0.2) is 11.0 Å². The lowest BCUT2D eigenvalue weighted by molar-refractivity contribution is -0.0498. The van der Waals surface area contributed by atoms with Crippen LogP contribution in [-0.2, 0) is 12.3 Å². The zero-order chi connectivity index (χ0) is 21.2. The summed E-state index contributed by atoms with van der Waals surface area (Å²) in [6.45, 7) is -2.31. The van der Waals surface area contributed by atoms with Crippen LogP contribution in [0.25, 0.3) is 5.69 Å². The Hall–Kier alpha value is -3.28. The van der Waals surface area contributed by atoms with Crippen LogP contribution in [-0.4, -0.2) is 41.6 Å². The van der Waals surface area contributed by atoms with Crippen molar-refractivity contribution in [2.24, 2.45) is 0 Å². The fourth-order valence-corrected chi connectivity index (χ4v) is 4.00. The summed E-state index contributed by atoms with van der Waals surface area (Å²) < 4.78 is 38.2. The van der Waals surface area contributed by atoms with Gasteiger partial charge in [0.1, 0.15) is 17.3 Å². The molecule has 0 atom stereocenters.